The molecule has 0 amide bonds. The summed E-state index contributed by atoms with van der Waals surface area (Å²) in [4.78, 5) is 8.15. The lowest BCUT2D eigenvalue weighted by Crippen LogP contribution is -2.38. The van der Waals surface area contributed by atoms with Crippen LogP contribution in [-0.2, 0) is 6.54 Å². The first-order valence-corrected chi connectivity index (χ1v) is 8.20. The summed E-state index contributed by atoms with van der Waals surface area (Å²) in [5.74, 6) is 0.755. The molecular weight excluding hydrogens is 272 g/mol. The van der Waals surface area contributed by atoms with Gasteiger partial charge in [-0.15, -0.1) is 11.3 Å². The van der Waals surface area contributed by atoms with Crippen molar-refractivity contribution >= 4 is 16.3 Å². The second-order valence-corrected chi connectivity index (χ2v) is 6.52. The van der Waals surface area contributed by atoms with Gasteiger partial charge >= 0.3 is 0 Å². The third-order valence-corrected chi connectivity index (χ3v) is 5.41. The summed E-state index contributed by atoms with van der Waals surface area (Å²) in [7, 11) is 1.70. The van der Waals surface area contributed by atoms with Crippen molar-refractivity contribution in [1.82, 2.24) is 19.6 Å². The van der Waals surface area contributed by atoms with Crippen molar-refractivity contribution in [2.45, 2.75) is 37.9 Å². The van der Waals surface area contributed by atoms with E-state index in [0.717, 1.165) is 29.1 Å². The summed E-state index contributed by atoms with van der Waals surface area (Å²) in [5.41, 5.74) is 1.14. The Labute approximate surface area is 122 Å². The summed E-state index contributed by atoms with van der Waals surface area (Å²) in [5, 5.41) is 5.80. The number of hydrogen-bond acceptors (Lipinski definition) is 5. The molecule has 2 aliphatic rings. The van der Waals surface area contributed by atoms with Gasteiger partial charge in [-0.05, 0) is 25.8 Å². The Bertz CT molecular complexity index is 607. The maximum absolute atomic E-state index is 5.41. The molecule has 2 atom stereocenters. The lowest BCUT2D eigenvalue weighted by Gasteiger charge is -2.21. The monoisotopic (exact) mass is 292 g/mol. The van der Waals surface area contributed by atoms with E-state index < -0.39 is 0 Å². The minimum Gasteiger partial charge on any atom is -0.480 e. The molecule has 20 heavy (non-hydrogen) atoms. The van der Waals surface area contributed by atoms with Crippen LogP contribution in [0.25, 0.3) is 4.96 Å². The molecule has 4 heterocycles. The molecule has 0 spiro atoms. The van der Waals surface area contributed by atoms with Crippen molar-refractivity contribution < 1.29 is 4.74 Å². The normalized spacial score (nSPS) is 26.4. The third kappa shape index (κ3) is 1.94. The number of ether oxygens (including phenoxy) is 1. The number of aromatic nitrogens is 2. The van der Waals surface area contributed by atoms with Crippen molar-refractivity contribution in [2.24, 2.45) is 0 Å². The number of imidazole rings is 1. The highest BCUT2D eigenvalue weighted by atomic mass is 32.1. The zero-order chi connectivity index (χ0) is 13.5. The van der Waals surface area contributed by atoms with Gasteiger partial charge in [0.2, 0.25) is 5.88 Å². The van der Waals surface area contributed by atoms with E-state index in [9.17, 15) is 0 Å². The first kappa shape index (κ1) is 12.6. The van der Waals surface area contributed by atoms with Crippen molar-refractivity contribution in [3.8, 4) is 5.88 Å². The first-order chi connectivity index (χ1) is 9.86. The Morgan fingerprint density at radius 1 is 1.45 bits per heavy atom. The van der Waals surface area contributed by atoms with Crippen LogP contribution in [0.2, 0.25) is 0 Å². The van der Waals surface area contributed by atoms with E-state index in [4.69, 9.17) is 4.74 Å². The Kier molecular flexibility index (Phi) is 3.17. The van der Waals surface area contributed by atoms with Gasteiger partial charge in [0.25, 0.3) is 0 Å². The van der Waals surface area contributed by atoms with E-state index in [0.29, 0.717) is 6.04 Å². The number of nitrogens with zero attached hydrogens (tertiary/aromatic N) is 3. The predicted molar refractivity (Wildman–Crippen MR) is 79.5 cm³/mol. The number of hydrogen-bond donors (Lipinski definition) is 1. The lowest BCUT2D eigenvalue weighted by atomic mass is 10.1. The van der Waals surface area contributed by atoms with E-state index in [1.165, 1.54) is 32.4 Å². The van der Waals surface area contributed by atoms with Crippen molar-refractivity contribution in [2.75, 3.05) is 20.2 Å². The van der Waals surface area contributed by atoms with Gasteiger partial charge in [-0.1, -0.05) is 0 Å². The molecule has 4 rings (SSSR count). The second-order valence-electron chi connectivity index (χ2n) is 5.64. The molecule has 2 aromatic rings. The minimum atomic E-state index is 0.617. The maximum atomic E-state index is 5.41. The molecule has 0 radical (unpaired) electrons. The molecule has 1 N–H and O–H groups in total. The van der Waals surface area contributed by atoms with E-state index in [-0.39, 0.29) is 0 Å². The molecular formula is C14H20N4OS. The van der Waals surface area contributed by atoms with Gasteiger partial charge in [0.1, 0.15) is 5.69 Å². The third-order valence-electron chi connectivity index (χ3n) is 4.66. The van der Waals surface area contributed by atoms with Crippen molar-refractivity contribution in [3.05, 3.63) is 17.3 Å². The predicted octanol–water partition coefficient (Wildman–Crippen LogP) is 1.73. The van der Waals surface area contributed by atoms with Crippen molar-refractivity contribution in [1.29, 1.82) is 0 Å². The van der Waals surface area contributed by atoms with Crippen LogP contribution in [0.1, 0.15) is 25.0 Å². The fraction of sp³-hybridized carbons (Fsp3) is 0.643. The zero-order valence-electron chi connectivity index (χ0n) is 11.7. The fourth-order valence-electron chi connectivity index (χ4n) is 3.69. The average molecular weight is 292 g/mol. The highest BCUT2D eigenvalue weighted by Crippen LogP contribution is 2.29. The van der Waals surface area contributed by atoms with Gasteiger partial charge < -0.3 is 10.1 Å². The molecule has 0 bridgehead atoms. The van der Waals surface area contributed by atoms with E-state index >= 15 is 0 Å². The molecule has 2 unspecified atom stereocenters. The van der Waals surface area contributed by atoms with Crippen molar-refractivity contribution in [3.63, 3.8) is 0 Å². The SMILES string of the molecule is COc1nc2sccn2c1CNC1CCN2CCCC12. The Morgan fingerprint density at radius 2 is 2.40 bits per heavy atom. The van der Waals surface area contributed by atoms with E-state index in [2.05, 4.69) is 31.2 Å². The molecule has 0 aliphatic carbocycles. The number of fused-ring (bicyclic) bond motifs is 2. The van der Waals surface area contributed by atoms with Gasteiger partial charge in [0.05, 0.1) is 7.11 Å². The van der Waals surface area contributed by atoms with Crippen LogP contribution in [0.4, 0.5) is 0 Å². The molecule has 2 fully saturated rings. The smallest absolute Gasteiger partial charge is 0.237 e. The standard InChI is InChI=1S/C14H20N4OS/c1-19-13-12(18-7-8-20-14(18)16-13)9-15-10-4-6-17-5-2-3-11(10)17/h7-8,10-11,15H,2-6,9H2,1H3. The van der Waals surface area contributed by atoms with Crippen LogP contribution < -0.4 is 10.1 Å². The molecule has 2 aromatic heterocycles. The Morgan fingerprint density at radius 3 is 3.30 bits per heavy atom. The second kappa shape index (κ2) is 5.02. The lowest BCUT2D eigenvalue weighted by molar-refractivity contribution is 0.297. The van der Waals surface area contributed by atoms with Crippen LogP contribution in [0.3, 0.4) is 0 Å². The Balaban J connectivity index is 1.51. The molecule has 2 aliphatic heterocycles. The average Bonchev–Trinajstić information content (AvgIpc) is 3.18. The highest BCUT2D eigenvalue weighted by molar-refractivity contribution is 7.15. The van der Waals surface area contributed by atoms with Crippen LogP contribution in [-0.4, -0.2) is 46.6 Å². The quantitative estimate of drug-likeness (QED) is 0.932. The molecule has 0 aromatic carbocycles. The van der Waals surface area contributed by atoms with Crippen LogP contribution >= 0.6 is 11.3 Å². The topological polar surface area (TPSA) is 41.8 Å². The molecule has 2 saturated heterocycles. The van der Waals surface area contributed by atoms with Crippen LogP contribution in [0.15, 0.2) is 11.6 Å². The number of nitrogens with one attached hydrogen (secondary N) is 1. The number of thiazole rings is 1. The van der Waals surface area contributed by atoms with E-state index in [1.54, 1.807) is 18.4 Å². The van der Waals surface area contributed by atoms with Crippen LogP contribution in [0.5, 0.6) is 5.88 Å². The van der Waals surface area contributed by atoms with Gasteiger partial charge in [-0.2, -0.15) is 4.98 Å². The summed E-state index contributed by atoms with van der Waals surface area (Å²) in [6, 6.07) is 1.36. The summed E-state index contributed by atoms with van der Waals surface area (Å²) >= 11 is 1.65. The summed E-state index contributed by atoms with van der Waals surface area (Å²) in [6.07, 6.45) is 6.03. The zero-order valence-corrected chi connectivity index (χ0v) is 12.5. The molecule has 6 heteroatoms. The van der Waals surface area contributed by atoms with Gasteiger partial charge in [0.15, 0.2) is 4.96 Å². The largest absolute Gasteiger partial charge is 0.480 e. The minimum absolute atomic E-state index is 0.617. The molecule has 108 valence electrons. The summed E-state index contributed by atoms with van der Waals surface area (Å²) < 4.78 is 7.55. The molecule has 0 saturated carbocycles. The van der Waals surface area contributed by atoms with Gasteiger partial charge in [0, 0.05) is 36.8 Å². The number of methoxy groups -OCH3 is 1. The first-order valence-electron chi connectivity index (χ1n) is 7.32. The Hall–Kier alpha value is -1.11. The maximum Gasteiger partial charge on any atom is 0.237 e. The summed E-state index contributed by atoms with van der Waals surface area (Å²) in [6.45, 7) is 3.36. The highest BCUT2D eigenvalue weighted by Gasteiger charge is 2.36. The van der Waals surface area contributed by atoms with Gasteiger partial charge in [-0.25, -0.2) is 0 Å². The van der Waals surface area contributed by atoms with E-state index in [1.807, 2.05) is 0 Å². The fourth-order valence-corrected chi connectivity index (χ4v) is 4.41. The van der Waals surface area contributed by atoms with Gasteiger partial charge in [-0.3, -0.25) is 9.30 Å². The molecule has 5 nitrogen and oxygen atoms in total. The number of rotatable bonds is 4. The van der Waals surface area contributed by atoms with Crippen LogP contribution in [0, 0.1) is 0 Å².